The van der Waals surface area contributed by atoms with Crippen molar-refractivity contribution in [1.29, 1.82) is 0 Å². The number of rotatable bonds is 8. The summed E-state index contributed by atoms with van der Waals surface area (Å²) in [5.74, 6) is 0. The topological polar surface area (TPSA) is 87.7 Å². The fraction of sp³-hybridized carbons (Fsp3) is 0.500. The minimum absolute atomic E-state index is 0.0544. The lowest BCUT2D eigenvalue weighted by Crippen LogP contribution is -2.46. The lowest BCUT2D eigenvalue weighted by molar-refractivity contribution is 0.0983. The van der Waals surface area contributed by atoms with E-state index in [1.165, 1.54) is 5.56 Å². The Bertz CT molecular complexity index is 881. The monoisotopic (exact) mass is 399 g/mol. The van der Waals surface area contributed by atoms with Gasteiger partial charge in [0.05, 0.1) is 6.61 Å². The number of likely N-dealkylation sites (tertiary alicyclic amines) is 1. The van der Waals surface area contributed by atoms with E-state index in [0.717, 1.165) is 12.8 Å². The van der Waals surface area contributed by atoms with Crippen LogP contribution in [0.1, 0.15) is 38.7 Å². The number of amides is 1. The number of piperidine rings is 1. The zero-order valence-corrected chi connectivity index (χ0v) is 17.1. The molecule has 29 heavy (non-hydrogen) atoms. The van der Waals surface area contributed by atoms with Gasteiger partial charge >= 0.3 is 6.09 Å². The second-order valence-corrected chi connectivity index (χ2v) is 7.45. The molecule has 1 heterocycles. The third kappa shape index (κ3) is 4.96. The summed E-state index contributed by atoms with van der Waals surface area (Å²) < 4.78 is 5.03. The van der Waals surface area contributed by atoms with Crippen LogP contribution >= 0.6 is 0 Å². The molecule has 3 rings (SSSR count). The van der Waals surface area contributed by atoms with Gasteiger partial charge in [0.15, 0.2) is 0 Å². The highest BCUT2D eigenvalue weighted by Gasteiger charge is 2.28. The van der Waals surface area contributed by atoms with Gasteiger partial charge in [-0.3, -0.25) is 9.59 Å². The van der Waals surface area contributed by atoms with E-state index in [4.69, 9.17) is 4.74 Å². The maximum atomic E-state index is 12.2. The molecule has 1 aliphatic rings. The lowest BCUT2D eigenvalue weighted by Gasteiger charge is -2.33. The quantitative estimate of drug-likeness (QED) is 0.664. The van der Waals surface area contributed by atoms with Gasteiger partial charge in [-0.1, -0.05) is 37.3 Å². The zero-order valence-electron chi connectivity index (χ0n) is 17.1. The average Bonchev–Trinajstić information content (AvgIpc) is 2.76. The normalized spacial score (nSPS) is 15.9. The summed E-state index contributed by atoms with van der Waals surface area (Å²) >= 11 is 0. The van der Waals surface area contributed by atoms with Gasteiger partial charge < -0.3 is 20.3 Å². The number of ether oxygens (including phenoxy) is 1. The van der Waals surface area contributed by atoms with E-state index >= 15 is 0 Å². The van der Waals surface area contributed by atoms with Gasteiger partial charge in [0.25, 0.3) is 10.9 Å². The molecule has 0 saturated carbocycles. The van der Waals surface area contributed by atoms with E-state index in [9.17, 15) is 14.4 Å². The van der Waals surface area contributed by atoms with E-state index < -0.39 is 10.9 Å². The first-order valence-electron chi connectivity index (χ1n) is 10.4. The summed E-state index contributed by atoms with van der Waals surface area (Å²) in [5.41, 5.74) is 1.05. The molecular weight excluding hydrogens is 370 g/mol. The number of hydrogen-bond donors (Lipinski definition) is 2. The van der Waals surface area contributed by atoms with Crippen molar-refractivity contribution in [3.05, 3.63) is 56.3 Å². The van der Waals surface area contributed by atoms with E-state index in [1.54, 1.807) is 11.8 Å². The maximum absolute atomic E-state index is 12.2. The van der Waals surface area contributed by atoms with Crippen LogP contribution in [0, 0.1) is 0 Å². The summed E-state index contributed by atoms with van der Waals surface area (Å²) in [5, 5.41) is 6.52. The Morgan fingerprint density at radius 3 is 2.38 bits per heavy atom. The third-order valence-electron chi connectivity index (χ3n) is 5.45. The molecule has 0 aliphatic carbocycles. The predicted octanol–water partition coefficient (Wildman–Crippen LogP) is 2.75. The molecule has 1 atom stereocenters. The van der Waals surface area contributed by atoms with Crippen molar-refractivity contribution in [3.8, 4) is 0 Å². The van der Waals surface area contributed by atoms with Gasteiger partial charge in [0, 0.05) is 25.2 Å². The molecule has 1 aliphatic heterocycles. The van der Waals surface area contributed by atoms with Gasteiger partial charge in [-0.05, 0) is 38.2 Å². The number of carbonyl (C=O) groups excluding carboxylic acids is 1. The molecule has 0 spiro atoms. The Balaban J connectivity index is 1.59. The fourth-order valence-corrected chi connectivity index (χ4v) is 3.69. The second-order valence-electron chi connectivity index (χ2n) is 7.45. The van der Waals surface area contributed by atoms with Crippen LogP contribution in [-0.2, 0) is 11.2 Å². The van der Waals surface area contributed by atoms with Crippen molar-refractivity contribution in [2.75, 3.05) is 30.3 Å². The van der Waals surface area contributed by atoms with E-state index in [-0.39, 0.29) is 18.2 Å². The van der Waals surface area contributed by atoms with Gasteiger partial charge in [0.2, 0.25) is 0 Å². The number of nitrogens with zero attached hydrogens (tertiary/aromatic N) is 1. The van der Waals surface area contributed by atoms with Gasteiger partial charge in [-0.2, -0.15) is 0 Å². The molecule has 0 radical (unpaired) electrons. The number of carbonyl (C=O) groups is 1. The van der Waals surface area contributed by atoms with Crippen molar-refractivity contribution in [2.45, 2.75) is 51.6 Å². The minimum atomic E-state index is -0.463. The Labute approximate surface area is 170 Å². The predicted molar refractivity (Wildman–Crippen MR) is 114 cm³/mol. The number of anilines is 2. The van der Waals surface area contributed by atoms with Crippen LogP contribution < -0.4 is 21.5 Å². The van der Waals surface area contributed by atoms with Crippen LogP contribution in [0.3, 0.4) is 0 Å². The maximum Gasteiger partial charge on any atom is 0.409 e. The van der Waals surface area contributed by atoms with Crippen molar-refractivity contribution in [3.63, 3.8) is 0 Å². The van der Waals surface area contributed by atoms with E-state index in [0.29, 0.717) is 43.9 Å². The molecule has 2 aromatic rings. The van der Waals surface area contributed by atoms with Crippen molar-refractivity contribution < 1.29 is 9.53 Å². The van der Waals surface area contributed by atoms with E-state index in [2.05, 4.69) is 29.7 Å². The standard InChI is InChI=1S/C22H29N3O4/c1-3-16(14-15-8-6-5-7-9-15)23-18-19(21(27)20(18)26)24-17-10-12-25(13-11-17)22(28)29-4-2/h5-9,16-17,23-24H,3-4,10-14H2,1-2H3/t16-/m1/s1. The first-order valence-corrected chi connectivity index (χ1v) is 10.4. The molecule has 0 bridgehead atoms. The highest BCUT2D eigenvalue weighted by Crippen LogP contribution is 2.22. The SMILES string of the molecule is CCOC(=O)N1CCC(Nc2c(N[C@H](CC)Cc3ccccc3)c(=O)c2=O)CC1. The summed E-state index contributed by atoms with van der Waals surface area (Å²) in [6, 6.07) is 10.2. The van der Waals surface area contributed by atoms with Crippen LogP contribution in [-0.4, -0.2) is 42.8 Å². The van der Waals surface area contributed by atoms with Crippen LogP contribution in [0.25, 0.3) is 0 Å². The fourth-order valence-electron chi connectivity index (χ4n) is 3.69. The lowest BCUT2D eigenvalue weighted by atomic mass is 10.0. The van der Waals surface area contributed by atoms with Crippen molar-refractivity contribution >= 4 is 17.5 Å². The molecule has 1 amide bonds. The van der Waals surface area contributed by atoms with Crippen LogP contribution in [0.15, 0.2) is 39.9 Å². The molecule has 156 valence electrons. The molecule has 1 fully saturated rings. The van der Waals surface area contributed by atoms with Crippen molar-refractivity contribution in [2.24, 2.45) is 0 Å². The Kier molecular flexibility index (Phi) is 6.90. The summed E-state index contributed by atoms with van der Waals surface area (Å²) in [6.45, 7) is 5.34. The van der Waals surface area contributed by atoms with E-state index in [1.807, 2.05) is 18.2 Å². The molecule has 1 saturated heterocycles. The Morgan fingerprint density at radius 2 is 1.76 bits per heavy atom. The zero-order chi connectivity index (χ0) is 20.8. The first kappa shape index (κ1) is 20.9. The first-order chi connectivity index (χ1) is 14.0. The summed E-state index contributed by atoms with van der Waals surface area (Å²) in [6.07, 6.45) is 2.74. The molecule has 7 heteroatoms. The van der Waals surface area contributed by atoms with Crippen molar-refractivity contribution in [1.82, 2.24) is 4.90 Å². The number of benzene rings is 1. The molecule has 0 aromatic heterocycles. The van der Waals surface area contributed by atoms with Crippen LogP contribution in [0.4, 0.5) is 16.2 Å². The Morgan fingerprint density at radius 1 is 1.10 bits per heavy atom. The summed E-state index contributed by atoms with van der Waals surface area (Å²) in [4.78, 5) is 37.8. The molecular formula is C22H29N3O4. The number of hydrogen-bond acceptors (Lipinski definition) is 6. The van der Waals surface area contributed by atoms with Gasteiger partial charge in [-0.25, -0.2) is 4.79 Å². The molecule has 7 nitrogen and oxygen atoms in total. The van der Waals surface area contributed by atoms with Gasteiger partial charge in [0.1, 0.15) is 11.4 Å². The smallest absolute Gasteiger partial charge is 0.409 e. The number of nitrogens with one attached hydrogen (secondary N) is 2. The van der Waals surface area contributed by atoms with Crippen LogP contribution in [0.2, 0.25) is 0 Å². The minimum Gasteiger partial charge on any atom is -0.450 e. The molecule has 2 aromatic carbocycles. The third-order valence-corrected chi connectivity index (χ3v) is 5.45. The summed E-state index contributed by atoms with van der Waals surface area (Å²) in [7, 11) is 0. The second kappa shape index (κ2) is 9.58. The highest BCUT2D eigenvalue weighted by atomic mass is 16.6. The average molecular weight is 399 g/mol. The molecule has 0 unspecified atom stereocenters. The van der Waals surface area contributed by atoms with Crippen LogP contribution in [0.5, 0.6) is 0 Å². The Hall–Kier alpha value is -2.83. The van der Waals surface area contributed by atoms with Gasteiger partial charge in [-0.15, -0.1) is 0 Å². The molecule has 2 N–H and O–H groups in total. The largest absolute Gasteiger partial charge is 0.450 e. The highest BCUT2D eigenvalue weighted by molar-refractivity contribution is 5.74.